The second-order valence-corrected chi connectivity index (χ2v) is 6.43. The van der Waals surface area contributed by atoms with Crippen molar-refractivity contribution in [1.82, 2.24) is 9.38 Å². The van der Waals surface area contributed by atoms with E-state index in [1.165, 1.54) is 6.20 Å². The predicted octanol–water partition coefficient (Wildman–Crippen LogP) is 4.31. The van der Waals surface area contributed by atoms with Crippen LogP contribution in [0, 0.1) is 10.1 Å². The molecular formula is C18H10BrN3O4. The predicted molar refractivity (Wildman–Crippen MR) is 99.8 cm³/mol. The van der Waals surface area contributed by atoms with Crippen molar-refractivity contribution in [2.24, 2.45) is 0 Å². The lowest BCUT2D eigenvalue weighted by molar-refractivity contribution is -0.387. The molecule has 0 radical (unpaired) electrons. The Morgan fingerprint density at radius 1 is 1.08 bits per heavy atom. The van der Waals surface area contributed by atoms with E-state index in [1.807, 2.05) is 24.3 Å². The molecule has 0 saturated carbocycles. The molecule has 0 atom stereocenters. The van der Waals surface area contributed by atoms with Crippen molar-refractivity contribution in [1.29, 1.82) is 0 Å². The molecule has 0 unspecified atom stereocenters. The summed E-state index contributed by atoms with van der Waals surface area (Å²) in [7, 11) is 0. The number of hydrogen-bond acceptors (Lipinski definition) is 5. The fourth-order valence-corrected chi connectivity index (χ4v) is 3.04. The summed E-state index contributed by atoms with van der Waals surface area (Å²) in [4.78, 5) is 27.2. The van der Waals surface area contributed by atoms with E-state index in [4.69, 9.17) is 4.74 Å². The first-order valence-electron chi connectivity index (χ1n) is 7.56. The number of fused-ring (bicyclic) bond motifs is 2. The van der Waals surface area contributed by atoms with Crippen LogP contribution in [0.5, 0.6) is 11.6 Å². The van der Waals surface area contributed by atoms with Crippen LogP contribution in [0.15, 0.2) is 70.1 Å². The van der Waals surface area contributed by atoms with Gasteiger partial charge < -0.3 is 4.74 Å². The maximum atomic E-state index is 12.4. The molecule has 0 fully saturated rings. The molecule has 2 aromatic heterocycles. The topological polar surface area (TPSA) is 86.7 Å². The van der Waals surface area contributed by atoms with E-state index in [2.05, 4.69) is 20.9 Å². The van der Waals surface area contributed by atoms with Crippen molar-refractivity contribution in [3.05, 3.63) is 85.7 Å². The van der Waals surface area contributed by atoms with E-state index in [-0.39, 0.29) is 11.5 Å². The van der Waals surface area contributed by atoms with Gasteiger partial charge in [-0.1, -0.05) is 34.1 Å². The highest BCUT2D eigenvalue weighted by Gasteiger charge is 2.25. The zero-order valence-corrected chi connectivity index (χ0v) is 14.7. The van der Waals surface area contributed by atoms with Gasteiger partial charge in [0.15, 0.2) is 0 Å². The molecule has 7 nitrogen and oxygen atoms in total. The number of rotatable bonds is 3. The maximum absolute atomic E-state index is 12.4. The van der Waals surface area contributed by atoms with Gasteiger partial charge in [-0.05, 0) is 47.2 Å². The van der Waals surface area contributed by atoms with Crippen molar-refractivity contribution in [2.45, 2.75) is 0 Å². The molecule has 0 amide bonds. The summed E-state index contributed by atoms with van der Waals surface area (Å²) >= 11 is 3.41. The number of pyridine rings is 1. The van der Waals surface area contributed by atoms with E-state index in [1.54, 1.807) is 30.3 Å². The summed E-state index contributed by atoms with van der Waals surface area (Å²) in [6.07, 6.45) is 1.43. The van der Waals surface area contributed by atoms with E-state index < -0.39 is 16.2 Å². The van der Waals surface area contributed by atoms with E-state index in [0.717, 1.165) is 19.6 Å². The molecule has 0 spiro atoms. The number of nitrogens with zero attached hydrogens (tertiary/aromatic N) is 3. The Morgan fingerprint density at radius 2 is 1.85 bits per heavy atom. The van der Waals surface area contributed by atoms with Gasteiger partial charge in [0.05, 0.1) is 4.92 Å². The fourth-order valence-electron chi connectivity index (χ4n) is 2.66. The second-order valence-electron chi connectivity index (χ2n) is 5.51. The molecule has 8 heteroatoms. The van der Waals surface area contributed by atoms with Crippen LogP contribution >= 0.6 is 15.9 Å². The third-order valence-corrected chi connectivity index (χ3v) is 4.34. The van der Waals surface area contributed by atoms with Crippen molar-refractivity contribution in [3.63, 3.8) is 0 Å². The van der Waals surface area contributed by atoms with Crippen LogP contribution in [0.2, 0.25) is 0 Å². The Balaban J connectivity index is 1.86. The Morgan fingerprint density at radius 3 is 2.65 bits per heavy atom. The number of halogens is 1. The minimum atomic E-state index is -0.791. The first-order valence-corrected chi connectivity index (χ1v) is 8.35. The third kappa shape index (κ3) is 2.80. The zero-order valence-electron chi connectivity index (χ0n) is 13.1. The second kappa shape index (κ2) is 6.23. The summed E-state index contributed by atoms with van der Waals surface area (Å²) in [5.41, 5.74) is -1.23. The van der Waals surface area contributed by atoms with Gasteiger partial charge >= 0.3 is 17.1 Å². The number of aromatic nitrogens is 2. The summed E-state index contributed by atoms with van der Waals surface area (Å²) in [6.45, 7) is 0. The van der Waals surface area contributed by atoms with Crippen molar-refractivity contribution < 1.29 is 9.66 Å². The molecule has 4 rings (SSSR count). The van der Waals surface area contributed by atoms with Crippen LogP contribution in [-0.4, -0.2) is 14.3 Å². The summed E-state index contributed by atoms with van der Waals surface area (Å²) in [5, 5.41) is 13.3. The molecule has 0 aliphatic carbocycles. The first kappa shape index (κ1) is 16.2. The molecule has 2 heterocycles. The molecular weight excluding hydrogens is 402 g/mol. The number of hydrogen-bond donors (Lipinski definition) is 0. The quantitative estimate of drug-likeness (QED) is 0.370. The molecule has 0 N–H and O–H groups in total. The minimum absolute atomic E-state index is 0.266. The molecule has 4 aromatic rings. The van der Waals surface area contributed by atoms with Crippen LogP contribution in [0.1, 0.15) is 0 Å². The standard InChI is InChI=1S/C18H10BrN3O4/c19-13-6-4-12-10-14(7-5-11(12)9-13)26-17-16(22(24)25)18(23)21-8-2-1-3-15(21)20-17/h1-10H. The van der Waals surface area contributed by atoms with Gasteiger partial charge in [0.2, 0.25) is 0 Å². The zero-order chi connectivity index (χ0) is 18.3. The highest BCUT2D eigenvalue weighted by Crippen LogP contribution is 2.30. The fraction of sp³-hybridized carbons (Fsp3) is 0. The van der Waals surface area contributed by atoms with Crippen molar-refractivity contribution >= 4 is 38.0 Å². The Hall–Kier alpha value is -3.26. The normalized spacial score (nSPS) is 11.0. The van der Waals surface area contributed by atoms with Crippen molar-refractivity contribution in [2.75, 3.05) is 0 Å². The van der Waals surface area contributed by atoms with E-state index >= 15 is 0 Å². The Labute approximate surface area is 154 Å². The number of nitro groups is 1. The molecule has 128 valence electrons. The molecule has 0 aliphatic heterocycles. The monoisotopic (exact) mass is 411 g/mol. The average molecular weight is 412 g/mol. The third-order valence-electron chi connectivity index (χ3n) is 3.85. The Kier molecular flexibility index (Phi) is 3.89. The summed E-state index contributed by atoms with van der Waals surface area (Å²) in [5.74, 6) is 0.0257. The van der Waals surface area contributed by atoms with Gasteiger partial charge in [-0.3, -0.25) is 19.3 Å². The maximum Gasteiger partial charge on any atom is 0.396 e. The largest absolute Gasteiger partial charge is 0.433 e. The SMILES string of the molecule is O=c1c([N+](=O)[O-])c(Oc2ccc3cc(Br)ccc3c2)nc2ccccn12. The van der Waals surface area contributed by atoms with Crippen LogP contribution in [-0.2, 0) is 0 Å². The van der Waals surface area contributed by atoms with Gasteiger partial charge in [0, 0.05) is 10.7 Å². The Bertz CT molecular complexity index is 1240. The summed E-state index contributed by atoms with van der Waals surface area (Å²) < 4.78 is 7.68. The van der Waals surface area contributed by atoms with Gasteiger partial charge in [0.1, 0.15) is 11.4 Å². The minimum Gasteiger partial charge on any atom is -0.433 e. The first-order chi connectivity index (χ1) is 12.5. The van der Waals surface area contributed by atoms with Crippen molar-refractivity contribution in [3.8, 4) is 11.6 Å². The highest BCUT2D eigenvalue weighted by molar-refractivity contribution is 9.10. The lowest BCUT2D eigenvalue weighted by Gasteiger charge is -2.08. The van der Waals surface area contributed by atoms with E-state index in [0.29, 0.717) is 5.75 Å². The molecule has 26 heavy (non-hydrogen) atoms. The van der Waals surface area contributed by atoms with Crippen LogP contribution in [0.4, 0.5) is 5.69 Å². The van der Waals surface area contributed by atoms with Crippen LogP contribution in [0.3, 0.4) is 0 Å². The molecule has 0 saturated heterocycles. The van der Waals surface area contributed by atoms with Crippen LogP contribution < -0.4 is 10.3 Å². The van der Waals surface area contributed by atoms with E-state index in [9.17, 15) is 14.9 Å². The number of ether oxygens (including phenoxy) is 1. The van der Waals surface area contributed by atoms with Gasteiger partial charge in [-0.2, -0.15) is 4.98 Å². The van der Waals surface area contributed by atoms with Crippen LogP contribution in [0.25, 0.3) is 16.4 Å². The lowest BCUT2D eigenvalue weighted by atomic mass is 10.1. The highest BCUT2D eigenvalue weighted by atomic mass is 79.9. The molecule has 2 aromatic carbocycles. The van der Waals surface area contributed by atoms with Gasteiger partial charge in [0.25, 0.3) is 0 Å². The smallest absolute Gasteiger partial charge is 0.396 e. The number of benzene rings is 2. The average Bonchev–Trinajstić information content (AvgIpc) is 2.62. The van der Waals surface area contributed by atoms with Gasteiger partial charge in [-0.25, -0.2) is 0 Å². The molecule has 0 bridgehead atoms. The lowest BCUT2D eigenvalue weighted by Crippen LogP contribution is -2.19. The summed E-state index contributed by atoms with van der Waals surface area (Å²) in [6, 6.07) is 15.8. The van der Waals surface area contributed by atoms with Gasteiger partial charge in [-0.15, -0.1) is 0 Å². The molecule has 0 aliphatic rings.